The van der Waals surface area contributed by atoms with E-state index >= 15 is 0 Å². The first kappa shape index (κ1) is 18.8. The Morgan fingerprint density at radius 1 is 0.923 bits per heavy atom. The molecule has 0 unspecified atom stereocenters. The average molecular weight is 357 g/mol. The van der Waals surface area contributed by atoms with Crippen molar-refractivity contribution in [2.75, 3.05) is 26.1 Å². The van der Waals surface area contributed by atoms with E-state index < -0.39 is 17.7 Å². The van der Waals surface area contributed by atoms with Crippen LogP contribution < -0.4 is 25.8 Å². The van der Waals surface area contributed by atoms with E-state index in [4.69, 9.17) is 15.2 Å². The molecule has 0 radical (unpaired) electrons. The summed E-state index contributed by atoms with van der Waals surface area (Å²) in [4.78, 5) is 35.2. The lowest BCUT2D eigenvalue weighted by molar-refractivity contribution is -0.117. The summed E-state index contributed by atoms with van der Waals surface area (Å²) in [5, 5.41) is 5.08. The summed E-state index contributed by atoms with van der Waals surface area (Å²) < 4.78 is 10.3. The summed E-state index contributed by atoms with van der Waals surface area (Å²) in [7, 11) is 2.98. The van der Waals surface area contributed by atoms with E-state index in [2.05, 4.69) is 10.6 Å². The van der Waals surface area contributed by atoms with Crippen LogP contribution in [0.5, 0.6) is 11.5 Å². The minimum absolute atomic E-state index is 0.265. The minimum Gasteiger partial charge on any atom is -0.497 e. The van der Waals surface area contributed by atoms with Crippen LogP contribution >= 0.6 is 0 Å². The fourth-order valence-corrected chi connectivity index (χ4v) is 2.15. The highest BCUT2D eigenvalue weighted by molar-refractivity contribution is 6.05. The molecule has 0 aliphatic heterocycles. The van der Waals surface area contributed by atoms with Gasteiger partial charge in [-0.25, -0.2) is 0 Å². The van der Waals surface area contributed by atoms with Crippen molar-refractivity contribution in [1.82, 2.24) is 5.32 Å². The zero-order valence-corrected chi connectivity index (χ0v) is 14.4. The number of nitrogens with two attached hydrogens (primary N) is 1. The number of methoxy groups -OCH3 is 2. The first-order valence-electron chi connectivity index (χ1n) is 7.64. The molecule has 0 atom stereocenters. The van der Waals surface area contributed by atoms with Gasteiger partial charge in [0.15, 0.2) is 0 Å². The van der Waals surface area contributed by atoms with Crippen molar-refractivity contribution in [3.8, 4) is 11.5 Å². The van der Waals surface area contributed by atoms with Crippen molar-refractivity contribution in [2.45, 2.75) is 0 Å². The summed E-state index contributed by atoms with van der Waals surface area (Å²) in [5.41, 5.74) is 6.04. The summed E-state index contributed by atoms with van der Waals surface area (Å²) in [5.74, 6) is -0.544. The van der Waals surface area contributed by atoms with Crippen molar-refractivity contribution < 1.29 is 23.9 Å². The first-order valence-corrected chi connectivity index (χ1v) is 7.64. The Balaban J connectivity index is 2.15. The number of hydrogen-bond donors (Lipinski definition) is 3. The molecule has 0 fully saturated rings. The molecule has 3 amide bonds. The topological polar surface area (TPSA) is 120 Å². The van der Waals surface area contributed by atoms with Gasteiger partial charge in [-0.1, -0.05) is 6.07 Å². The highest BCUT2D eigenvalue weighted by atomic mass is 16.5. The van der Waals surface area contributed by atoms with Gasteiger partial charge in [0.25, 0.3) is 11.8 Å². The fourth-order valence-electron chi connectivity index (χ4n) is 2.15. The monoisotopic (exact) mass is 357 g/mol. The van der Waals surface area contributed by atoms with Crippen molar-refractivity contribution in [1.29, 1.82) is 0 Å². The van der Waals surface area contributed by atoms with E-state index in [0.717, 1.165) is 0 Å². The third-order valence-corrected chi connectivity index (χ3v) is 3.42. The molecule has 0 bridgehead atoms. The third kappa shape index (κ3) is 4.97. The van der Waals surface area contributed by atoms with Crippen LogP contribution in [0.15, 0.2) is 42.5 Å². The number of ether oxygens (including phenoxy) is 2. The Morgan fingerprint density at radius 3 is 2.15 bits per heavy atom. The van der Waals surface area contributed by atoms with Gasteiger partial charge < -0.3 is 25.8 Å². The number of primary amides is 1. The maximum absolute atomic E-state index is 12.5. The largest absolute Gasteiger partial charge is 0.497 e. The van der Waals surface area contributed by atoms with E-state index in [1.165, 1.54) is 20.3 Å². The van der Waals surface area contributed by atoms with Gasteiger partial charge in [-0.15, -0.1) is 0 Å². The molecule has 0 heterocycles. The van der Waals surface area contributed by atoms with Crippen LogP contribution in [0.4, 0.5) is 5.69 Å². The maximum atomic E-state index is 12.5. The van der Waals surface area contributed by atoms with Crippen molar-refractivity contribution >= 4 is 23.4 Å². The van der Waals surface area contributed by atoms with Gasteiger partial charge in [-0.2, -0.15) is 0 Å². The zero-order valence-electron chi connectivity index (χ0n) is 14.4. The molecular formula is C18H19N3O5. The van der Waals surface area contributed by atoms with Gasteiger partial charge in [0.05, 0.1) is 20.8 Å². The number of rotatable bonds is 7. The zero-order chi connectivity index (χ0) is 19.1. The molecule has 2 rings (SSSR count). The quantitative estimate of drug-likeness (QED) is 0.687. The molecule has 0 aliphatic rings. The highest BCUT2D eigenvalue weighted by Gasteiger charge is 2.12. The number of amides is 3. The summed E-state index contributed by atoms with van der Waals surface area (Å²) in [6.45, 7) is -0.265. The fraction of sp³-hybridized carbons (Fsp3) is 0.167. The van der Waals surface area contributed by atoms with Gasteiger partial charge in [0.2, 0.25) is 5.91 Å². The SMILES string of the molecule is COc1cc(OC)cc(C(=O)Nc2cccc(C(=O)NCC(N)=O)c2)c1. The minimum atomic E-state index is -0.644. The Morgan fingerprint density at radius 2 is 1.58 bits per heavy atom. The van der Waals surface area contributed by atoms with Crippen LogP contribution in [0.3, 0.4) is 0 Å². The number of anilines is 1. The molecule has 26 heavy (non-hydrogen) atoms. The lowest BCUT2D eigenvalue weighted by Crippen LogP contribution is -2.33. The predicted octanol–water partition coefficient (Wildman–Crippen LogP) is 1.17. The molecule has 136 valence electrons. The highest BCUT2D eigenvalue weighted by Crippen LogP contribution is 2.23. The molecular weight excluding hydrogens is 338 g/mol. The first-order chi connectivity index (χ1) is 12.4. The maximum Gasteiger partial charge on any atom is 0.255 e. The van der Waals surface area contributed by atoms with Gasteiger partial charge in [-0.3, -0.25) is 14.4 Å². The smallest absolute Gasteiger partial charge is 0.255 e. The number of hydrogen-bond acceptors (Lipinski definition) is 5. The van der Waals surface area contributed by atoms with E-state index in [1.807, 2.05) is 0 Å². The van der Waals surface area contributed by atoms with E-state index in [9.17, 15) is 14.4 Å². The van der Waals surface area contributed by atoms with Crippen LogP contribution in [0.2, 0.25) is 0 Å². The predicted molar refractivity (Wildman–Crippen MR) is 95.5 cm³/mol. The number of nitrogens with one attached hydrogen (secondary N) is 2. The second-order valence-electron chi connectivity index (χ2n) is 5.29. The van der Waals surface area contributed by atoms with Crippen LogP contribution in [0.25, 0.3) is 0 Å². The molecule has 2 aromatic rings. The summed E-state index contributed by atoms with van der Waals surface area (Å²) in [6.07, 6.45) is 0. The summed E-state index contributed by atoms with van der Waals surface area (Å²) in [6, 6.07) is 11.1. The second kappa shape index (κ2) is 8.52. The number of benzene rings is 2. The Labute approximate surface area is 150 Å². The normalized spacial score (nSPS) is 9.92. The standard InChI is InChI=1S/C18H19N3O5/c1-25-14-7-12(8-15(9-14)26-2)18(24)21-13-5-3-4-11(6-13)17(23)20-10-16(19)22/h3-9H,10H2,1-2H3,(H2,19,22)(H,20,23)(H,21,24). The molecule has 2 aromatic carbocycles. The lowest BCUT2D eigenvalue weighted by atomic mass is 10.1. The van der Waals surface area contributed by atoms with E-state index in [1.54, 1.807) is 36.4 Å². The molecule has 8 heteroatoms. The molecule has 0 spiro atoms. The third-order valence-electron chi connectivity index (χ3n) is 3.42. The summed E-state index contributed by atoms with van der Waals surface area (Å²) >= 11 is 0. The van der Waals surface area contributed by atoms with Crippen LogP contribution in [-0.2, 0) is 4.79 Å². The molecule has 4 N–H and O–H groups in total. The Kier molecular flexibility index (Phi) is 6.15. The van der Waals surface area contributed by atoms with Gasteiger partial charge in [-0.05, 0) is 30.3 Å². The molecule has 0 aliphatic carbocycles. The molecule has 8 nitrogen and oxygen atoms in total. The van der Waals surface area contributed by atoms with Crippen molar-refractivity contribution in [2.24, 2.45) is 5.73 Å². The van der Waals surface area contributed by atoms with Crippen molar-refractivity contribution in [3.05, 3.63) is 53.6 Å². The average Bonchev–Trinajstić information content (AvgIpc) is 2.65. The Hall–Kier alpha value is -3.55. The van der Waals surface area contributed by atoms with Crippen LogP contribution in [0, 0.1) is 0 Å². The van der Waals surface area contributed by atoms with Gasteiger partial charge in [0, 0.05) is 22.9 Å². The lowest BCUT2D eigenvalue weighted by Gasteiger charge is -2.10. The number of carbonyl (C=O) groups is 3. The second-order valence-corrected chi connectivity index (χ2v) is 5.29. The van der Waals surface area contributed by atoms with E-state index in [0.29, 0.717) is 22.7 Å². The van der Waals surface area contributed by atoms with Crippen LogP contribution in [-0.4, -0.2) is 38.5 Å². The number of carbonyl (C=O) groups excluding carboxylic acids is 3. The molecule has 0 saturated heterocycles. The van der Waals surface area contributed by atoms with E-state index in [-0.39, 0.29) is 12.1 Å². The molecule has 0 aromatic heterocycles. The Bertz CT molecular complexity index is 813. The van der Waals surface area contributed by atoms with Gasteiger partial charge >= 0.3 is 0 Å². The molecule has 0 saturated carbocycles. The van der Waals surface area contributed by atoms with Crippen LogP contribution in [0.1, 0.15) is 20.7 Å². The van der Waals surface area contributed by atoms with Crippen molar-refractivity contribution in [3.63, 3.8) is 0 Å². The van der Waals surface area contributed by atoms with Gasteiger partial charge in [0.1, 0.15) is 11.5 Å².